The summed E-state index contributed by atoms with van der Waals surface area (Å²) < 4.78 is 0. The van der Waals surface area contributed by atoms with Gasteiger partial charge in [0.25, 0.3) is 0 Å². The lowest BCUT2D eigenvalue weighted by Crippen LogP contribution is -2.17. The van der Waals surface area contributed by atoms with Crippen LogP contribution in [0.3, 0.4) is 0 Å². The second-order valence-corrected chi connectivity index (χ2v) is 18.3. The number of rotatable bonds is 9. The van der Waals surface area contributed by atoms with Gasteiger partial charge in [-0.05, 0) is 126 Å². The molecular formula is C64H52N4. The molecule has 0 aliphatic heterocycles. The molecule has 0 unspecified atom stereocenters. The molecule has 1 heterocycles. The Morgan fingerprint density at radius 2 is 0.853 bits per heavy atom. The molecule has 4 heteroatoms. The fourth-order valence-electron chi connectivity index (χ4n) is 10.9. The SMILES string of the molecule is Cc1cc(C)c(C(c2c(C)cc(C)cc2C)c2ccc(N(c3nc(-c4ccccc4)nc(-c4ccc5ccccc5c4-c4ccccc4)n3)c3cccc4ccccc34)c3ccccc23)c(C)c1. The number of aromatic nitrogens is 3. The van der Waals surface area contributed by atoms with Crippen LogP contribution >= 0.6 is 0 Å². The van der Waals surface area contributed by atoms with Gasteiger partial charge < -0.3 is 0 Å². The monoisotopic (exact) mass is 876 g/mol. The quantitative estimate of drug-likeness (QED) is 0.136. The number of aryl methyl sites for hydroxylation is 6. The van der Waals surface area contributed by atoms with Crippen molar-refractivity contribution < 1.29 is 0 Å². The first-order valence-corrected chi connectivity index (χ1v) is 23.6. The third-order valence-electron chi connectivity index (χ3n) is 13.6. The van der Waals surface area contributed by atoms with Crippen LogP contribution in [0.2, 0.25) is 0 Å². The number of nitrogens with zero attached hydrogens (tertiary/aromatic N) is 4. The van der Waals surface area contributed by atoms with Crippen molar-refractivity contribution in [3.05, 3.63) is 250 Å². The van der Waals surface area contributed by atoms with Crippen molar-refractivity contribution in [2.75, 3.05) is 4.90 Å². The third-order valence-corrected chi connectivity index (χ3v) is 13.6. The zero-order chi connectivity index (χ0) is 46.5. The van der Waals surface area contributed by atoms with Crippen LogP contribution in [0.15, 0.2) is 200 Å². The summed E-state index contributed by atoms with van der Waals surface area (Å²) in [4.78, 5) is 18.7. The van der Waals surface area contributed by atoms with Crippen LogP contribution in [0, 0.1) is 41.5 Å². The van der Waals surface area contributed by atoms with E-state index in [0.717, 1.165) is 60.6 Å². The largest absolute Gasteiger partial charge is 0.278 e. The predicted octanol–water partition coefficient (Wildman–Crippen LogP) is 16.8. The first-order valence-electron chi connectivity index (χ1n) is 23.6. The third kappa shape index (κ3) is 7.58. The van der Waals surface area contributed by atoms with Crippen molar-refractivity contribution in [2.45, 2.75) is 47.5 Å². The van der Waals surface area contributed by atoms with Gasteiger partial charge in [0.15, 0.2) is 11.6 Å². The van der Waals surface area contributed by atoms with E-state index < -0.39 is 0 Å². The molecule has 0 amide bonds. The number of hydrogen-bond donors (Lipinski definition) is 0. The minimum atomic E-state index is -0.0149. The van der Waals surface area contributed by atoms with E-state index in [4.69, 9.17) is 15.0 Å². The van der Waals surface area contributed by atoms with E-state index in [9.17, 15) is 0 Å². The van der Waals surface area contributed by atoms with Gasteiger partial charge in [-0.3, -0.25) is 4.90 Å². The first-order chi connectivity index (χ1) is 33.2. The van der Waals surface area contributed by atoms with Crippen LogP contribution in [-0.4, -0.2) is 15.0 Å². The molecule has 0 bridgehead atoms. The molecule has 0 aliphatic rings. The highest BCUT2D eigenvalue weighted by Gasteiger charge is 2.29. The van der Waals surface area contributed by atoms with Crippen molar-refractivity contribution in [3.63, 3.8) is 0 Å². The van der Waals surface area contributed by atoms with E-state index in [0.29, 0.717) is 17.6 Å². The van der Waals surface area contributed by atoms with Gasteiger partial charge in [-0.25, -0.2) is 4.98 Å². The van der Waals surface area contributed by atoms with Crippen molar-refractivity contribution in [3.8, 4) is 33.9 Å². The maximum Gasteiger partial charge on any atom is 0.238 e. The van der Waals surface area contributed by atoms with E-state index in [1.54, 1.807) is 0 Å². The number of benzene rings is 10. The highest BCUT2D eigenvalue weighted by Crippen LogP contribution is 2.48. The Bertz CT molecular complexity index is 3600. The molecule has 328 valence electrons. The fraction of sp³-hybridized carbons (Fsp3) is 0.109. The average molecular weight is 877 g/mol. The summed E-state index contributed by atoms with van der Waals surface area (Å²) in [5.74, 6) is 1.71. The van der Waals surface area contributed by atoms with Crippen LogP contribution in [0.25, 0.3) is 66.2 Å². The molecule has 4 nitrogen and oxygen atoms in total. The maximum absolute atomic E-state index is 5.61. The van der Waals surface area contributed by atoms with Crippen LogP contribution in [0.1, 0.15) is 56.0 Å². The van der Waals surface area contributed by atoms with Gasteiger partial charge >= 0.3 is 0 Å². The fourth-order valence-corrected chi connectivity index (χ4v) is 10.9. The van der Waals surface area contributed by atoms with E-state index >= 15 is 0 Å². The molecule has 0 fully saturated rings. The van der Waals surface area contributed by atoms with Crippen LogP contribution in [0.4, 0.5) is 17.3 Å². The van der Waals surface area contributed by atoms with Crippen molar-refractivity contribution >= 4 is 49.6 Å². The van der Waals surface area contributed by atoms with Crippen LogP contribution in [-0.2, 0) is 0 Å². The van der Waals surface area contributed by atoms with Gasteiger partial charge in [0, 0.05) is 33.4 Å². The Morgan fingerprint density at radius 3 is 1.49 bits per heavy atom. The van der Waals surface area contributed by atoms with E-state index in [-0.39, 0.29) is 5.92 Å². The highest BCUT2D eigenvalue weighted by molar-refractivity contribution is 6.06. The summed E-state index contributed by atoms with van der Waals surface area (Å²) >= 11 is 0. The summed E-state index contributed by atoms with van der Waals surface area (Å²) in [6.07, 6.45) is 0. The molecule has 0 radical (unpaired) electrons. The molecule has 68 heavy (non-hydrogen) atoms. The van der Waals surface area contributed by atoms with Gasteiger partial charge in [0.1, 0.15) is 0 Å². The number of hydrogen-bond acceptors (Lipinski definition) is 4. The molecule has 0 atom stereocenters. The maximum atomic E-state index is 5.61. The normalized spacial score (nSPS) is 11.5. The van der Waals surface area contributed by atoms with Gasteiger partial charge in [-0.2, -0.15) is 9.97 Å². The highest BCUT2D eigenvalue weighted by atomic mass is 15.3. The smallest absolute Gasteiger partial charge is 0.238 e. The molecule has 0 spiro atoms. The Hall–Kier alpha value is -8.21. The second-order valence-electron chi connectivity index (χ2n) is 18.3. The van der Waals surface area contributed by atoms with Gasteiger partial charge in [-0.15, -0.1) is 0 Å². The standard InChI is InChI=1S/C64H52N4/c1-40-36-42(3)58(43(4)37-40)61(59-44(5)38-41(2)39-45(59)6)54-34-35-57(53-30-18-17-29-52(53)54)68(56-31-19-26-46-20-13-15-27-50(46)56)64-66-62(49-24-11-8-12-25-49)65-63(67-64)55-33-32-47-21-14-16-28-51(47)60(55)48-22-9-7-10-23-48/h7-39,61H,1-6H3. The predicted molar refractivity (Wildman–Crippen MR) is 286 cm³/mol. The Labute approximate surface area is 399 Å². The van der Waals surface area contributed by atoms with E-state index in [1.807, 2.05) is 18.2 Å². The summed E-state index contributed by atoms with van der Waals surface area (Å²) in [5, 5.41) is 6.80. The lowest BCUT2D eigenvalue weighted by atomic mass is 9.75. The van der Waals surface area contributed by atoms with Crippen molar-refractivity contribution in [1.29, 1.82) is 0 Å². The zero-order valence-electron chi connectivity index (χ0n) is 39.4. The molecule has 0 saturated heterocycles. The van der Waals surface area contributed by atoms with Gasteiger partial charge in [0.05, 0.1) is 11.4 Å². The van der Waals surface area contributed by atoms with Gasteiger partial charge in [0.2, 0.25) is 5.95 Å². The summed E-state index contributed by atoms with van der Waals surface area (Å²) in [6, 6.07) is 71.9. The van der Waals surface area contributed by atoms with Crippen molar-refractivity contribution in [2.24, 2.45) is 0 Å². The first kappa shape index (κ1) is 42.4. The minimum Gasteiger partial charge on any atom is -0.278 e. The molecule has 11 aromatic rings. The Kier molecular flexibility index (Phi) is 10.9. The Morgan fingerprint density at radius 1 is 0.368 bits per heavy atom. The van der Waals surface area contributed by atoms with Crippen molar-refractivity contribution in [1.82, 2.24) is 15.0 Å². The minimum absolute atomic E-state index is 0.0149. The van der Waals surface area contributed by atoms with Crippen LogP contribution < -0.4 is 4.90 Å². The summed E-state index contributed by atoms with van der Waals surface area (Å²) in [7, 11) is 0. The molecule has 1 aromatic heterocycles. The number of anilines is 3. The lowest BCUT2D eigenvalue weighted by molar-refractivity contribution is 0.927. The van der Waals surface area contributed by atoms with E-state index in [2.05, 4.69) is 228 Å². The van der Waals surface area contributed by atoms with Crippen LogP contribution in [0.5, 0.6) is 0 Å². The lowest BCUT2D eigenvalue weighted by Gasteiger charge is -2.30. The zero-order valence-corrected chi connectivity index (χ0v) is 39.4. The van der Waals surface area contributed by atoms with E-state index in [1.165, 1.54) is 55.5 Å². The Balaban J connectivity index is 1.22. The summed E-state index contributed by atoms with van der Waals surface area (Å²) in [6.45, 7) is 13.5. The molecular weight excluding hydrogens is 825 g/mol. The molecule has 0 aliphatic carbocycles. The molecule has 10 aromatic carbocycles. The second kappa shape index (κ2) is 17.5. The number of fused-ring (bicyclic) bond motifs is 3. The average Bonchev–Trinajstić information content (AvgIpc) is 3.35. The molecule has 0 saturated carbocycles. The summed E-state index contributed by atoms with van der Waals surface area (Å²) in [5.41, 5.74) is 17.7. The molecule has 11 rings (SSSR count). The van der Waals surface area contributed by atoms with Gasteiger partial charge in [-0.1, -0.05) is 193 Å². The molecule has 0 N–H and O–H groups in total. The topological polar surface area (TPSA) is 41.9 Å².